The molecule has 0 spiro atoms. The molecule has 0 bridgehead atoms. The SMILES string of the molecule is COc1ccc(C(NC(=O)CNC(=O)c2ccccc2Cl)c2ccccc2)cc1. The minimum absolute atomic E-state index is 0.163. The van der Waals surface area contributed by atoms with Crippen molar-refractivity contribution in [3.8, 4) is 5.75 Å². The summed E-state index contributed by atoms with van der Waals surface area (Å²) in [5.74, 6) is 0.0282. The predicted octanol–water partition coefficient (Wildman–Crippen LogP) is 3.98. The Balaban J connectivity index is 1.71. The molecule has 29 heavy (non-hydrogen) atoms. The van der Waals surface area contributed by atoms with Gasteiger partial charge in [-0.05, 0) is 35.4 Å². The van der Waals surface area contributed by atoms with Gasteiger partial charge in [0.05, 0.1) is 30.3 Å². The quantitative estimate of drug-likeness (QED) is 0.621. The van der Waals surface area contributed by atoms with Gasteiger partial charge in [-0.25, -0.2) is 0 Å². The molecule has 148 valence electrons. The van der Waals surface area contributed by atoms with E-state index >= 15 is 0 Å². The van der Waals surface area contributed by atoms with Crippen LogP contribution in [0.5, 0.6) is 5.75 Å². The van der Waals surface area contributed by atoms with E-state index in [1.165, 1.54) is 0 Å². The van der Waals surface area contributed by atoms with Gasteiger partial charge in [-0.3, -0.25) is 9.59 Å². The Bertz CT molecular complexity index is 975. The lowest BCUT2D eigenvalue weighted by atomic mass is 9.98. The highest BCUT2D eigenvalue weighted by atomic mass is 35.5. The minimum atomic E-state index is -0.397. The van der Waals surface area contributed by atoms with Gasteiger partial charge in [0.25, 0.3) is 5.91 Å². The number of rotatable bonds is 7. The van der Waals surface area contributed by atoms with Crippen LogP contribution in [0, 0.1) is 0 Å². The Kier molecular flexibility index (Phi) is 6.87. The van der Waals surface area contributed by atoms with Crippen LogP contribution < -0.4 is 15.4 Å². The lowest BCUT2D eigenvalue weighted by Crippen LogP contribution is -2.39. The van der Waals surface area contributed by atoms with E-state index in [1.807, 2.05) is 54.6 Å². The number of benzene rings is 3. The standard InChI is InChI=1S/C23H21ClN2O3/c1-29-18-13-11-17(12-14-18)22(16-7-3-2-4-8-16)26-21(27)15-25-23(28)19-9-5-6-10-20(19)24/h2-14,22H,15H2,1H3,(H,25,28)(H,26,27). The first-order chi connectivity index (χ1) is 14.1. The van der Waals surface area contributed by atoms with Crippen molar-refractivity contribution in [3.63, 3.8) is 0 Å². The van der Waals surface area contributed by atoms with Gasteiger partial charge in [-0.2, -0.15) is 0 Å². The molecule has 0 heterocycles. The van der Waals surface area contributed by atoms with Crippen LogP contribution in [0.4, 0.5) is 0 Å². The average Bonchev–Trinajstić information content (AvgIpc) is 2.77. The molecule has 0 aromatic heterocycles. The molecule has 3 aromatic carbocycles. The molecule has 0 fully saturated rings. The summed E-state index contributed by atoms with van der Waals surface area (Å²) >= 11 is 6.03. The van der Waals surface area contributed by atoms with Gasteiger partial charge in [0.15, 0.2) is 0 Å². The van der Waals surface area contributed by atoms with Gasteiger partial charge in [0.2, 0.25) is 5.91 Å². The number of ether oxygens (including phenoxy) is 1. The van der Waals surface area contributed by atoms with Crippen molar-refractivity contribution < 1.29 is 14.3 Å². The zero-order valence-electron chi connectivity index (χ0n) is 15.9. The van der Waals surface area contributed by atoms with E-state index in [4.69, 9.17) is 16.3 Å². The fourth-order valence-corrected chi connectivity index (χ4v) is 3.14. The first-order valence-corrected chi connectivity index (χ1v) is 9.47. The van der Waals surface area contributed by atoms with Gasteiger partial charge < -0.3 is 15.4 Å². The maximum Gasteiger partial charge on any atom is 0.253 e. The number of hydrogen-bond acceptors (Lipinski definition) is 3. The number of halogens is 1. The lowest BCUT2D eigenvalue weighted by Gasteiger charge is -2.20. The molecule has 6 heteroatoms. The molecule has 1 atom stereocenters. The number of amides is 2. The zero-order valence-corrected chi connectivity index (χ0v) is 16.6. The van der Waals surface area contributed by atoms with E-state index < -0.39 is 5.91 Å². The molecule has 2 amide bonds. The molecule has 5 nitrogen and oxygen atoms in total. The number of nitrogens with one attached hydrogen (secondary N) is 2. The molecule has 0 radical (unpaired) electrons. The highest BCUT2D eigenvalue weighted by molar-refractivity contribution is 6.33. The third kappa shape index (κ3) is 5.36. The number of hydrogen-bond donors (Lipinski definition) is 2. The summed E-state index contributed by atoms with van der Waals surface area (Å²) in [7, 11) is 1.60. The highest BCUT2D eigenvalue weighted by Crippen LogP contribution is 2.24. The first kappa shape index (κ1) is 20.4. The molecule has 0 saturated heterocycles. The summed E-state index contributed by atoms with van der Waals surface area (Å²) in [4.78, 5) is 24.8. The van der Waals surface area contributed by atoms with Crippen LogP contribution >= 0.6 is 11.6 Å². The zero-order chi connectivity index (χ0) is 20.6. The minimum Gasteiger partial charge on any atom is -0.497 e. The molecule has 3 aromatic rings. The molecule has 0 saturated carbocycles. The van der Waals surface area contributed by atoms with Crippen LogP contribution in [-0.4, -0.2) is 25.5 Å². The summed E-state index contributed by atoms with van der Waals surface area (Å²) in [5.41, 5.74) is 2.17. The van der Waals surface area contributed by atoms with E-state index in [0.717, 1.165) is 16.9 Å². The third-order valence-electron chi connectivity index (χ3n) is 4.42. The maximum atomic E-state index is 12.6. The van der Waals surface area contributed by atoms with Gasteiger partial charge in [-0.1, -0.05) is 66.2 Å². The topological polar surface area (TPSA) is 67.4 Å². The average molecular weight is 409 g/mol. The Morgan fingerprint density at radius 3 is 2.17 bits per heavy atom. The third-order valence-corrected chi connectivity index (χ3v) is 4.74. The Morgan fingerprint density at radius 2 is 1.52 bits per heavy atom. The van der Waals surface area contributed by atoms with Crippen LogP contribution in [0.2, 0.25) is 5.02 Å². The van der Waals surface area contributed by atoms with E-state index in [1.54, 1.807) is 31.4 Å². The van der Waals surface area contributed by atoms with Gasteiger partial charge in [0.1, 0.15) is 5.75 Å². The number of carbonyl (C=O) groups is 2. The van der Waals surface area contributed by atoms with E-state index in [9.17, 15) is 9.59 Å². The normalized spacial score (nSPS) is 11.4. The summed E-state index contributed by atoms with van der Waals surface area (Å²) < 4.78 is 5.21. The van der Waals surface area contributed by atoms with E-state index in [2.05, 4.69) is 10.6 Å². The fourth-order valence-electron chi connectivity index (χ4n) is 2.91. The van der Waals surface area contributed by atoms with Crippen molar-refractivity contribution in [1.82, 2.24) is 10.6 Å². The first-order valence-electron chi connectivity index (χ1n) is 9.09. The Hall–Kier alpha value is -3.31. The smallest absolute Gasteiger partial charge is 0.253 e. The van der Waals surface area contributed by atoms with E-state index in [-0.39, 0.29) is 18.5 Å². The van der Waals surface area contributed by atoms with Crippen molar-refractivity contribution >= 4 is 23.4 Å². The summed E-state index contributed by atoms with van der Waals surface area (Å²) in [5, 5.41) is 5.93. The van der Waals surface area contributed by atoms with Crippen LogP contribution in [0.1, 0.15) is 27.5 Å². The van der Waals surface area contributed by atoms with E-state index in [0.29, 0.717) is 10.6 Å². The number of carbonyl (C=O) groups excluding carboxylic acids is 2. The molecule has 2 N–H and O–H groups in total. The number of methoxy groups -OCH3 is 1. The maximum absolute atomic E-state index is 12.6. The second-order valence-electron chi connectivity index (χ2n) is 6.35. The summed E-state index contributed by atoms with van der Waals surface area (Å²) in [6.07, 6.45) is 0. The van der Waals surface area contributed by atoms with Crippen molar-refractivity contribution in [3.05, 3.63) is 101 Å². The van der Waals surface area contributed by atoms with Crippen molar-refractivity contribution in [1.29, 1.82) is 0 Å². The molecule has 0 aliphatic rings. The second-order valence-corrected chi connectivity index (χ2v) is 6.75. The van der Waals surface area contributed by atoms with Crippen LogP contribution in [0.15, 0.2) is 78.9 Å². The van der Waals surface area contributed by atoms with Crippen LogP contribution in [0.3, 0.4) is 0 Å². The lowest BCUT2D eigenvalue weighted by molar-refractivity contribution is -0.120. The molecule has 3 rings (SSSR count). The van der Waals surface area contributed by atoms with Crippen LogP contribution in [-0.2, 0) is 4.79 Å². The molecular formula is C23H21ClN2O3. The predicted molar refractivity (Wildman–Crippen MR) is 113 cm³/mol. The fraction of sp³-hybridized carbons (Fsp3) is 0.130. The highest BCUT2D eigenvalue weighted by Gasteiger charge is 2.18. The molecule has 1 unspecified atom stereocenters. The van der Waals surface area contributed by atoms with Crippen molar-refractivity contribution in [2.45, 2.75) is 6.04 Å². The van der Waals surface area contributed by atoms with Gasteiger partial charge in [0, 0.05) is 0 Å². The molecule has 0 aliphatic carbocycles. The monoisotopic (exact) mass is 408 g/mol. The molecule has 0 aliphatic heterocycles. The van der Waals surface area contributed by atoms with Crippen molar-refractivity contribution in [2.75, 3.05) is 13.7 Å². The van der Waals surface area contributed by atoms with Gasteiger partial charge in [-0.15, -0.1) is 0 Å². The largest absolute Gasteiger partial charge is 0.497 e. The second kappa shape index (κ2) is 9.75. The Labute approximate surface area is 174 Å². The molecular weight excluding hydrogens is 388 g/mol. The summed E-state index contributed by atoms with van der Waals surface area (Å²) in [6, 6.07) is 23.5. The summed E-state index contributed by atoms with van der Waals surface area (Å²) in [6.45, 7) is -0.163. The van der Waals surface area contributed by atoms with Crippen molar-refractivity contribution in [2.24, 2.45) is 0 Å². The van der Waals surface area contributed by atoms with Gasteiger partial charge >= 0.3 is 0 Å². The van der Waals surface area contributed by atoms with Crippen LogP contribution in [0.25, 0.3) is 0 Å². The Morgan fingerprint density at radius 1 is 0.897 bits per heavy atom.